The second-order valence-electron chi connectivity index (χ2n) is 9.23. The van der Waals surface area contributed by atoms with E-state index in [4.69, 9.17) is 0 Å². The monoisotopic (exact) mass is 457 g/mol. The standard InChI is InChI=1S/C26H31N7O/c1-5-19-11-23(29-30-25(12-19)32-9-8-27-17(3)14-32)21-7-6-20(13-24(21)34)22-10-16(2)26-28-18(4)15-33(26)31-22/h6-7,10-11,13,15,17,27,34H,5,8-9,12,14H2,1-4H3/t17-/m1/s1. The van der Waals surface area contributed by atoms with Crippen molar-refractivity contribution in [3.63, 3.8) is 0 Å². The lowest BCUT2D eigenvalue weighted by Crippen LogP contribution is -2.51. The Balaban J connectivity index is 1.48. The van der Waals surface area contributed by atoms with Crippen molar-refractivity contribution in [3.05, 3.63) is 58.9 Å². The Labute approximate surface area is 199 Å². The fraction of sp³-hybridized carbons (Fsp3) is 0.385. The number of rotatable bonds is 3. The maximum Gasteiger partial charge on any atom is 0.156 e. The first kappa shape index (κ1) is 22.3. The minimum Gasteiger partial charge on any atom is -0.507 e. The van der Waals surface area contributed by atoms with Crippen LogP contribution in [0.25, 0.3) is 16.9 Å². The van der Waals surface area contributed by atoms with Crippen LogP contribution in [0.3, 0.4) is 0 Å². The number of benzene rings is 1. The fourth-order valence-electron chi connectivity index (χ4n) is 4.62. The van der Waals surface area contributed by atoms with Gasteiger partial charge in [0.05, 0.1) is 23.3 Å². The van der Waals surface area contributed by atoms with Crippen molar-refractivity contribution in [2.24, 2.45) is 10.2 Å². The highest BCUT2D eigenvalue weighted by atomic mass is 16.3. The number of amidine groups is 1. The van der Waals surface area contributed by atoms with E-state index in [1.807, 2.05) is 38.2 Å². The molecule has 34 heavy (non-hydrogen) atoms. The zero-order valence-electron chi connectivity index (χ0n) is 20.2. The summed E-state index contributed by atoms with van der Waals surface area (Å²) in [7, 11) is 0. The number of imidazole rings is 1. The van der Waals surface area contributed by atoms with Gasteiger partial charge in [0.1, 0.15) is 11.6 Å². The Kier molecular flexibility index (Phi) is 5.91. The zero-order chi connectivity index (χ0) is 23.8. The number of aryl methyl sites for hydroxylation is 2. The van der Waals surface area contributed by atoms with E-state index in [-0.39, 0.29) is 5.75 Å². The van der Waals surface area contributed by atoms with Crippen molar-refractivity contribution in [2.45, 2.75) is 46.6 Å². The summed E-state index contributed by atoms with van der Waals surface area (Å²) in [4.78, 5) is 6.84. The first-order valence-electron chi connectivity index (χ1n) is 11.9. The number of piperazine rings is 1. The lowest BCUT2D eigenvalue weighted by Gasteiger charge is -2.34. The van der Waals surface area contributed by atoms with Gasteiger partial charge in [-0.3, -0.25) is 0 Å². The summed E-state index contributed by atoms with van der Waals surface area (Å²) in [5.41, 5.74) is 7.03. The molecule has 2 aliphatic rings. The van der Waals surface area contributed by atoms with E-state index >= 15 is 0 Å². The predicted octanol–water partition coefficient (Wildman–Crippen LogP) is 3.86. The van der Waals surface area contributed by atoms with Gasteiger partial charge < -0.3 is 15.3 Å². The smallest absolute Gasteiger partial charge is 0.156 e. The van der Waals surface area contributed by atoms with E-state index in [1.54, 1.807) is 10.6 Å². The molecule has 1 fully saturated rings. The van der Waals surface area contributed by atoms with Crippen LogP contribution >= 0.6 is 0 Å². The zero-order valence-corrected chi connectivity index (χ0v) is 20.2. The number of nitrogens with one attached hydrogen (secondary N) is 1. The molecular weight excluding hydrogens is 426 g/mol. The molecule has 5 rings (SSSR count). The molecule has 4 heterocycles. The molecule has 176 valence electrons. The molecule has 8 nitrogen and oxygen atoms in total. The molecular formula is C26H31N7O. The molecule has 1 aromatic carbocycles. The Morgan fingerprint density at radius 3 is 2.79 bits per heavy atom. The molecule has 2 aliphatic heterocycles. The van der Waals surface area contributed by atoms with Crippen LogP contribution in [0.4, 0.5) is 0 Å². The minimum atomic E-state index is 0.166. The molecule has 8 heteroatoms. The second-order valence-corrected chi connectivity index (χ2v) is 9.23. The Morgan fingerprint density at radius 2 is 2.03 bits per heavy atom. The van der Waals surface area contributed by atoms with Crippen molar-refractivity contribution >= 4 is 17.2 Å². The topological polar surface area (TPSA) is 90.4 Å². The van der Waals surface area contributed by atoms with Gasteiger partial charge in [0, 0.05) is 43.2 Å². The summed E-state index contributed by atoms with van der Waals surface area (Å²) in [5.74, 6) is 1.16. The summed E-state index contributed by atoms with van der Waals surface area (Å²) in [6.45, 7) is 11.1. The van der Waals surface area contributed by atoms with Gasteiger partial charge in [-0.25, -0.2) is 9.50 Å². The Hall–Kier alpha value is -3.52. The third-order valence-electron chi connectivity index (χ3n) is 6.49. The molecule has 1 atom stereocenters. The number of phenols is 1. The van der Waals surface area contributed by atoms with Gasteiger partial charge in [-0.1, -0.05) is 18.6 Å². The summed E-state index contributed by atoms with van der Waals surface area (Å²) in [5, 5.41) is 28.3. The predicted molar refractivity (Wildman–Crippen MR) is 136 cm³/mol. The molecule has 0 spiro atoms. The number of phenolic OH excluding ortho intramolecular Hbond substituents is 1. The molecule has 0 unspecified atom stereocenters. The average molecular weight is 458 g/mol. The lowest BCUT2D eigenvalue weighted by molar-refractivity contribution is 0.299. The van der Waals surface area contributed by atoms with Crippen molar-refractivity contribution in [2.75, 3.05) is 19.6 Å². The van der Waals surface area contributed by atoms with Gasteiger partial charge in [0.2, 0.25) is 0 Å². The second kappa shape index (κ2) is 9.02. The van der Waals surface area contributed by atoms with Crippen LogP contribution in [0.2, 0.25) is 0 Å². The number of hydrogen-bond donors (Lipinski definition) is 2. The highest BCUT2D eigenvalue weighted by Crippen LogP contribution is 2.29. The fourth-order valence-corrected chi connectivity index (χ4v) is 4.62. The van der Waals surface area contributed by atoms with E-state index < -0.39 is 0 Å². The number of nitrogens with zero attached hydrogens (tertiary/aromatic N) is 6. The van der Waals surface area contributed by atoms with E-state index in [9.17, 15) is 5.11 Å². The van der Waals surface area contributed by atoms with E-state index in [0.29, 0.717) is 17.3 Å². The van der Waals surface area contributed by atoms with Gasteiger partial charge in [-0.2, -0.15) is 5.10 Å². The van der Waals surface area contributed by atoms with E-state index in [0.717, 1.165) is 66.5 Å². The average Bonchev–Trinajstić information content (AvgIpc) is 3.07. The van der Waals surface area contributed by atoms with Gasteiger partial charge in [-0.15, -0.1) is 10.2 Å². The first-order valence-corrected chi connectivity index (χ1v) is 11.9. The van der Waals surface area contributed by atoms with Crippen LogP contribution in [-0.4, -0.2) is 61.8 Å². The first-order chi connectivity index (χ1) is 16.4. The highest BCUT2D eigenvalue weighted by Gasteiger charge is 2.22. The van der Waals surface area contributed by atoms with Gasteiger partial charge in [0.25, 0.3) is 0 Å². The number of fused-ring (bicyclic) bond motifs is 1. The van der Waals surface area contributed by atoms with Crippen molar-refractivity contribution in [1.29, 1.82) is 0 Å². The molecule has 3 aromatic rings. The molecule has 0 saturated carbocycles. The summed E-state index contributed by atoms with van der Waals surface area (Å²) in [6, 6.07) is 8.06. The number of aromatic nitrogens is 3. The van der Waals surface area contributed by atoms with Crippen molar-refractivity contribution in [1.82, 2.24) is 24.8 Å². The SMILES string of the molecule is CCC1=CC(c2ccc(-c3cc(C)c4nc(C)cn4n3)cc2O)=NN=C(N2CCN[C@H](C)C2)C1. The quantitative estimate of drug-likeness (QED) is 0.623. The largest absolute Gasteiger partial charge is 0.507 e. The van der Waals surface area contributed by atoms with Crippen LogP contribution < -0.4 is 5.32 Å². The third-order valence-corrected chi connectivity index (χ3v) is 6.49. The highest BCUT2D eigenvalue weighted by molar-refractivity contribution is 6.12. The van der Waals surface area contributed by atoms with Crippen LogP contribution in [0.1, 0.15) is 43.5 Å². The van der Waals surface area contributed by atoms with Gasteiger partial charge >= 0.3 is 0 Å². The van der Waals surface area contributed by atoms with Crippen LogP contribution in [0, 0.1) is 13.8 Å². The van der Waals surface area contributed by atoms with Gasteiger partial charge in [-0.05, 0) is 57.0 Å². The molecule has 0 bridgehead atoms. The van der Waals surface area contributed by atoms with Crippen molar-refractivity contribution < 1.29 is 5.11 Å². The number of hydrogen-bond acceptors (Lipinski definition) is 7. The summed E-state index contributed by atoms with van der Waals surface area (Å²) in [6.07, 6.45) is 5.67. The third kappa shape index (κ3) is 4.33. The lowest BCUT2D eigenvalue weighted by atomic mass is 10.00. The minimum absolute atomic E-state index is 0.166. The normalized spacial score (nSPS) is 19.0. The number of allylic oxidation sites excluding steroid dienone is 1. The number of aromatic hydroxyl groups is 1. The maximum atomic E-state index is 11.0. The molecule has 2 aromatic heterocycles. The Bertz CT molecular complexity index is 1330. The molecule has 2 N–H and O–H groups in total. The van der Waals surface area contributed by atoms with Crippen molar-refractivity contribution in [3.8, 4) is 17.0 Å². The molecule has 1 saturated heterocycles. The van der Waals surface area contributed by atoms with E-state index in [2.05, 4.69) is 50.4 Å². The maximum absolute atomic E-state index is 11.0. The summed E-state index contributed by atoms with van der Waals surface area (Å²) >= 11 is 0. The van der Waals surface area contributed by atoms with Crippen LogP contribution in [-0.2, 0) is 0 Å². The van der Waals surface area contributed by atoms with Crippen LogP contribution in [0.15, 0.2) is 52.3 Å². The summed E-state index contributed by atoms with van der Waals surface area (Å²) < 4.78 is 1.80. The molecule has 0 radical (unpaired) electrons. The van der Waals surface area contributed by atoms with E-state index in [1.165, 1.54) is 5.57 Å². The van der Waals surface area contributed by atoms with Crippen LogP contribution in [0.5, 0.6) is 5.75 Å². The molecule has 0 amide bonds. The molecule has 0 aliphatic carbocycles. The Morgan fingerprint density at radius 1 is 1.18 bits per heavy atom. The van der Waals surface area contributed by atoms with Gasteiger partial charge in [0.15, 0.2) is 5.65 Å².